The number of rotatable bonds is 2. The normalized spacial score (nSPS) is 15.4. The van der Waals surface area contributed by atoms with E-state index >= 15 is 0 Å². The standard InChI is InChI=1S/C6H4F9I/c7-4(8,9)3(1-2-16,5(10,11)12)6(13,14)15/h1-2H2. The van der Waals surface area contributed by atoms with Crippen molar-refractivity contribution in [3.8, 4) is 0 Å². The molecule has 0 aromatic carbocycles. The van der Waals surface area contributed by atoms with E-state index < -0.39 is 34.8 Å². The molecule has 0 nitrogen and oxygen atoms in total. The van der Waals surface area contributed by atoms with Crippen molar-refractivity contribution in [3.05, 3.63) is 0 Å². The summed E-state index contributed by atoms with van der Waals surface area (Å²) in [5, 5.41) is 0. The summed E-state index contributed by atoms with van der Waals surface area (Å²) in [7, 11) is 0. The van der Waals surface area contributed by atoms with Crippen LogP contribution in [0.2, 0.25) is 0 Å². The second-order valence-electron chi connectivity index (χ2n) is 2.84. The van der Waals surface area contributed by atoms with Crippen LogP contribution in [0.25, 0.3) is 0 Å². The molecule has 0 N–H and O–H groups in total. The molecule has 0 fully saturated rings. The summed E-state index contributed by atoms with van der Waals surface area (Å²) in [5.41, 5.74) is -5.64. The highest BCUT2D eigenvalue weighted by atomic mass is 127. The molecule has 0 rings (SSSR count). The third kappa shape index (κ3) is 2.50. The van der Waals surface area contributed by atoms with E-state index in [1.54, 1.807) is 0 Å². The summed E-state index contributed by atoms with van der Waals surface area (Å²) < 4.78 is 108. The summed E-state index contributed by atoms with van der Waals surface area (Å²) in [6.07, 6.45) is -21.3. The van der Waals surface area contributed by atoms with E-state index in [-0.39, 0.29) is 0 Å². The summed E-state index contributed by atoms with van der Waals surface area (Å²) in [4.78, 5) is 0. The van der Waals surface area contributed by atoms with Gasteiger partial charge in [0.25, 0.3) is 5.41 Å². The van der Waals surface area contributed by atoms with Gasteiger partial charge in [-0.15, -0.1) is 0 Å². The highest BCUT2D eigenvalue weighted by molar-refractivity contribution is 14.1. The Morgan fingerprint density at radius 1 is 0.625 bits per heavy atom. The third-order valence-corrected chi connectivity index (χ3v) is 2.46. The number of hydrogen-bond donors (Lipinski definition) is 0. The molecule has 0 aromatic rings. The van der Waals surface area contributed by atoms with E-state index in [0.29, 0.717) is 0 Å². The molecule has 16 heavy (non-hydrogen) atoms. The van der Waals surface area contributed by atoms with E-state index in [0.717, 1.165) is 22.6 Å². The molecule has 0 spiro atoms. The minimum absolute atomic E-state index is 0.920. The second kappa shape index (κ2) is 4.41. The molecule has 0 bridgehead atoms. The predicted octanol–water partition coefficient (Wildman–Crippen LogP) is 4.48. The van der Waals surface area contributed by atoms with Gasteiger partial charge in [0, 0.05) is 4.43 Å². The van der Waals surface area contributed by atoms with Crippen molar-refractivity contribution >= 4 is 22.6 Å². The predicted molar refractivity (Wildman–Crippen MR) is 44.1 cm³/mol. The smallest absolute Gasteiger partial charge is 0.170 e. The van der Waals surface area contributed by atoms with Crippen molar-refractivity contribution in [2.75, 3.05) is 4.43 Å². The molecule has 0 heterocycles. The van der Waals surface area contributed by atoms with Gasteiger partial charge in [0.1, 0.15) is 0 Å². The molecule has 10 heteroatoms. The van der Waals surface area contributed by atoms with Crippen LogP contribution in [0.3, 0.4) is 0 Å². The third-order valence-electron chi connectivity index (χ3n) is 1.92. The molecule has 0 saturated carbocycles. The summed E-state index contributed by atoms with van der Waals surface area (Å²) in [6.45, 7) is 0. The second-order valence-corrected chi connectivity index (χ2v) is 3.92. The lowest BCUT2D eigenvalue weighted by Crippen LogP contribution is -2.59. The first-order valence-corrected chi connectivity index (χ1v) is 5.10. The molecule has 0 radical (unpaired) electrons. The quantitative estimate of drug-likeness (QED) is 0.380. The van der Waals surface area contributed by atoms with Crippen molar-refractivity contribution in [2.45, 2.75) is 24.9 Å². The van der Waals surface area contributed by atoms with Gasteiger partial charge in [-0.1, -0.05) is 22.6 Å². The van der Waals surface area contributed by atoms with Gasteiger partial charge in [0.05, 0.1) is 0 Å². The molecular formula is C6H4F9I. The first-order valence-electron chi connectivity index (χ1n) is 3.57. The average Bonchev–Trinajstić information content (AvgIpc) is 1.91. The molecule has 0 atom stereocenters. The molecule has 0 aliphatic heterocycles. The zero-order valence-corrected chi connectivity index (χ0v) is 9.35. The molecule has 0 unspecified atom stereocenters. The van der Waals surface area contributed by atoms with Crippen LogP contribution in [0, 0.1) is 5.41 Å². The van der Waals surface area contributed by atoms with Crippen LogP contribution in [-0.2, 0) is 0 Å². The van der Waals surface area contributed by atoms with Crippen molar-refractivity contribution in [1.29, 1.82) is 0 Å². The topological polar surface area (TPSA) is 0 Å². The lowest BCUT2D eigenvalue weighted by atomic mass is 9.82. The van der Waals surface area contributed by atoms with Crippen LogP contribution in [0.5, 0.6) is 0 Å². The van der Waals surface area contributed by atoms with E-state index in [1.807, 2.05) is 0 Å². The van der Waals surface area contributed by atoms with E-state index in [9.17, 15) is 39.5 Å². The highest BCUT2D eigenvalue weighted by Crippen LogP contribution is 2.61. The Morgan fingerprint density at radius 2 is 0.875 bits per heavy atom. The van der Waals surface area contributed by atoms with Crippen molar-refractivity contribution < 1.29 is 39.5 Å². The first kappa shape index (κ1) is 16.1. The van der Waals surface area contributed by atoms with E-state index in [1.165, 1.54) is 0 Å². The first-order chi connectivity index (χ1) is 6.81. The van der Waals surface area contributed by atoms with Gasteiger partial charge < -0.3 is 0 Å². The van der Waals surface area contributed by atoms with Gasteiger partial charge in [-0.3, -0.25) is 0 Å². The molecule has 0 aromatic heterocycles. The molecule has 0 aliphatic carbocycles. The van der Waals surface area contributed by atoms with Gasteiger partial charge in [0.2, 0.25) is 0 Å². The fourth-order valence-electron chi connectivity index (χ4n) is 1.05. The van der Waals surface area contributed by atoms with Crippen LogP contribution < -0.4 is 0 Å². The van der Waals surface area contributed by atoms with Gasteiger partial charge >= 0.3 is 18.5 Å². The van der Waals surface area contributed by atoms with Crippen LogP contribution in [-0.4, -0.2) is 23.0 Å². The van der Waals surface area contributed by atoms with Crippen LogP contribution in [0.4, 0.5) is 39.5 Å². The molecule has 0 amide bonds. The minimum Gasteiger partial charge on any atom is -0.170 e. The monoisotopic (exact) mass is 374 g/mol. The van der Waals surface area contributed by atoms with E-state index in [2.05, 4.69) is 0 Å². The average molecular weight is 374 g/mol. The molecule has 0 aliphatic rings. The van der Waals surface area contributed by atoms with Crippen molar-refractivity contribution in [2.24, 2.45) is 5.41 Å². The van der Waals surface area contributed by atoms with Crippen LogP contribution in [0.1, 0.15) is 6.42 Å². The number of alkyl halides is 10. The summed E-state index contributed by atoms with van der Waals surface area (Å²) in [6, 6.07) is 0. The lowest BCUT2D eigenvalue weighted by molar-refractivity contribution is -0.427. The van der Waals surface area contributed by atoms with Crippen LogP contribution in [0.15, 0.2) is 0 Å². The van der Waals surface area contributed by atoms with E-state index in [4.69, 9.17) is 0 Å². The molecular weight excluding hydrogens is 370 g/mol. The lowest BCUT2D eigenvalue weighted by Gasteiger charge is -2.38. The fourth-order valence-corrected chi connectivity index (χ4v) is 1.86. The minimum atomic E-state index is -6.42. The van der Waals surface area contributed by atoms with Gasteiger partial charge in [0.15, 0.2) is 0 Å². The Kier molecular flexibility index (Phi) is 4.43. The maximum absolute atomic E-state index is 12.1. The zero-order chi connectivity index (χ0) is 13.4. The van der Waals surface area contributed by atoms with Crippen molar-refractivity contribution in [3.63, 3.8) is 0 Å². The maximum Gasteiger partial charge on any atom is 0.412 e. The Morgan fingerprint density at radius 3 is 0.938 bits per heavy atom. The summed E-state index contributed by atoms with van der Waals surface area (Å²) >= 11 is 1.03. The molecule has 98 valence electrons. The zero-order valence-electron chi connectivity index (χ0n) is 7.19. The Bertz CT molecular complexity index is 198. The summed E-state index contributed by atoms with van der Waals surface area (Å²) in [5.74, 6) is 0. The Labute approximate surface area is 97.3 Å². The van der Waals surface area contributed by atoms with Crippen molar-refractivity contribution in [1.82, 2.24) is 0 Å². The molecule has 0 saturated heterocycles. The van der Waals surface area contributed by atoms with Crippen LogP contribution >= 0.6 is 22.6 Å². The SMILES string of the molecule is FC(F)(F)C(CCI)(C(F)(F)F)C(F)(F)F. The Balaban J connectivity index is 5.82. The number of halogens is 10. The van der Waals surface area contributed by atoms with Gasteiger partial charge in [-0.25, -0.2) is 0 Å². The highest BCUT2D eigenvalue weighted by Gasteiger charge is 2.82. The Hall–Kier alpha value is 0.100. The fraction of sp³-hybridized carbons (Fsp3) is 1.00. The maximum atomic E-state index is 12.1. The van der Waals surface area contributed by atoms with Gasteiger partial charge in [-0.2, -0.15) is 39.5 Å². The largest absolute Gasteiger partial charge is 0.412 e. The van der Waals surface area contributed by atoms with Gasteiger partial charge in [-0.05, 0) is 6.42 Å². The number of hydrogen-bond acceptors (Lipinski definition) is 0.